The van der Waals surface area contributed by atoms with Crippen LogP contribution in [0.3, 0.4) is 0 Å². The molecule has 0 bridgehead atoms. The third kappa shape index (κ3) is 2.07. The predicted octanol–water partition coefficient (Wildman–Crippen LogP) is 2.53. The van der Waals surface area contributed by atoms with Crippen molar-refractivity contribution in [1.82, 2.24) is 25.1 Å². The molecule has 1 saturated heterocycles. The van der Waals surface area contributed by atoms with E-state index in [0.29, 0.717) is 0 Å². The van der Waals surface area contributed by atoms with Crippen molar-refractivity contribution in [3.05, 3.63) is 36.2 Å². The van der Waals surface area contributed by atoms with E-state index in [1.54, 1.807) is 0 Å². The monoisotopic (exact) mass is 283 g/mol. The molecule has 0 spiro atoms. The van der Waals surface area contributed by atoms with Crippen LogP contribution in [0.1, 0.15) is 44.3 Å². The SMILES string of the molecule is c1ccc(-n2nnnc2C2(N3CCCC3)CCCC2)cc1. The molecule has 0 unspecified atom stereocenters. The minimum Gasteiger partial charge on any atom is -0.291 e. The lowest BCUT2D eigenvalue weighted by Gasteiger charge is -2.37. The maximum absolute atomic E-state index is 4.45. The summed E-state index contributed by atoms with van der Waals surface area (Å²) in [6.45, 7) is 2.36. The molecular weight excluding hydrogens is 262 g/mol. The molecule has 4 rings (SSSR count). The van der Waals surface area contributed by atoms with Crippen LogP contribution in [0.2, 0.25) is 0 Å². The van der Waals surface area contributed by atoms with Crippen molar-refractivity contribution in [2.24, 2.45) is 0 Å². The summed E-state index contributed by atoms with van der Waals surface area (Å²) in [6.07, 6.45) is 7.51. The number of tetrazole rings is 1. The molecular formula is C16H21N5. The Labute approximate surface area is 125 Å². The van der Waals surface area contributed by atoms with Gasteiger partial charge in [-0.3, -0.25) is 4.90 Å². The summed E-state index contributed by atoms with van der Waals surface area (Å²) in [6, 6.07) is 10.3. The molecule has 1 aliphatic carbocycles. The Morgan fingerprint density at radius 2 is 1.62 bits per heavy atom. The molecule has 0 radical (unpaired) electrons. The van der Waals surface area contributed by atoms with Gasteiger partial charge < -0.3 is 0 Å². The second kappa shape index (κ2) is 5.22. The number of hydrogen-bond donors (Lipinski definition) is 0. The third-order valence-corrected chi connectivity index (χ3v) is 5.03. The van der Waals surface area contributed by atoms with Crippen molar-refractivity contribution in [3.8, 4) is 5.69 Å². The first-order valence-corrected chi connectivity index (χ1v) is 7.99. The molecule has 0 N–H and O–H groups in total. The van der Waals surface area contributed by atoms with Gasteiger partial charge in [0, 0.05) is 0 Å². The van der Waals surface area contributed by atoms with Gasteiger partial charge in [0.15, 0.2) is 5.82 Å². The topological polar surface area (TPSA) is 46.8 Å². The van der Waals surface area contributed by atoms with Crippen LogP contribution in [0.5, 0.6) is 0 Å². The molecule has 5 nitrogen and oxygen atoms in total. The van der Waals surface area contributed by atoms with Crippen LogP contribution in [0.25, 0.3) is 5.69 Å². The summed E-state index contributed by atoms with van der Waals surface area (Å²) < 4.78 is 1.95. The zero-order valence-electron chi connectivity index (χ0n) is 12.3. The molecule has 1 aromatic heterocycles. The first-order valence-electron chi connectivity index (χ1n) is 7.99. The lowest BCUT2D eigenvalue weighted by atomic mass is 9.94. The molecule has 110 valence electrons. The van der Waals surface area contributed by atoms with E-state index in [1.807, 2.05) is 22.9 Å². The first-order chi connectivity index (χ1) is 10.4. The molecule has 21 heavy (non-hydrogen) atoms. The maximum atomic E-state index is 4.45. The van der Waals surface area contributed by atoms with Crippen molar-refractivity contribution in [3.63, 3.8) is 0 Å². The van der Waals surface area contributed by atoms with Gasteiger partial charge in [0.25, 0.3) is 0 Å². The van der Waals surface area contributed by atoms with Crippen molar-refractivity contribution in [2.75, 3.05) is 13.1 Å². The number of rotatable bonds is 3. The molecule has 2 aromatic rings. The summed E-state index contributed by atoms with van der Waals surface area (Å²) in [5.41, 5.74) is 1.11. The van der Waals surface area contributed by atoms with E-state index in [9.17, 15) is 0 Å². The number of benzene rings is 1. The Hall–Kier alpha value is -1.75. The number of nitrogens with zero attached hydrogens (tertiary/aromatic N) is 5. The van der Waals surface area contributed by atoms with E-state index in [-0.39, 0.29) is 5.54 Å². The quantitative estimate of drug-likeness (QED) is 0.868. The van der Waals surface area contributed by atoms with E-state index in [1.165, 1.54) is 51.6 Å². The maximum Gasteiger partial charge on any atom is 0.176 e. The van der Waals surface area contributed by atoms with E-state index in [0.717, 1.165) is 11.5 Å². The largest absolute Gasteiger partial charge is 0.291 e. The standard InChI is InChI=1S/C16H21N5/c1-2-8-14(9-3-1)21-15(17-18-19-21)16(10-4-5-11-16)20-12-6-7-13-20/h1-3,8-9H,4-7,10-13H2. The Morgan fingerprint density at radius 1 is 0.905 bits per heavy atom. The van der Waals surface area contributed by atoms with Gasteiger partial charge in [-0.2, -0.15) is 4.68 Å². The van der Waals surface area contributed by atoms with Crippen molar-refractivity contribution < 1.29 is 0 Å². The Morgan fingerprint density at radius 3 is 2.33 bits per heavy atom. The highest BCUT2D eigenvalue weighted by Crippen LogP contribution is 2.44. The van der Waals surface area contributed by atoms with Gasteiger partial charge >= 0.3 is 0 Å². The van der Waals surface area contributed by atoms with Gasteiger partial charge in [0.2, 0.25) is 0 Å². The fraction of sp³-hybridized carbons (Fsp3) is 0.562. The predicted molar refractivity (Wildman–Crippen MR) is 80.1 cm³/mol. The normalized spacial score (nSPS) is 21.9. The summed E-state index contributed by atoms with van der Waals surface area (Å²) in [7, 11) is 0. The van der Waals surface area contributed by atoms with Gasteiger partial charge in [-0.25, -0.2) is 0 Å². The molecule has 1 aliphatic heterocycles. The van der Waals surface area contributed by atoms with Crippen LogP contribution in [0, 0.1) is 0 Å². The van der Waals surface area contributed by atoms with Crippen LogP contribution in [-0.2, 0) is 5.54 Å². The second-order valence-corrected chi connectivity index (χ2v) is 6.18. The summed E-state index contributed by atoms with van der Waals surface area (Å²) in [5.74, 6) is 1.04. The van der Waals surface area contributed by atoms with Gasteiger partial charge in [-0.1, -0.05) is 31.0 Å². The molecule has 0 atom stereocenters. The molecule has 2 aliphatic rings. The summed E-state index contributed by atoms with van der Waals surface area (Å²) >= 11 is 0. The minimum absolute atomic E-state index is 0.0514. The van der Waals surface area contributed by atoms with Crippen LogP contribution in [0.4, 0.5) is 0 Å². The number of hydrogen-bond acceptors (Lipinski definition) is 4. The number of aromatic nitrogens is 4. The van der Waals surface area contributed by atoms with Crippen LogP contribution < -0.4 is 0 Å². The van der Waals surface area contributed by atoms with Crippen LogP contribution in [-0.4, -0.2) is 38.2 Å². The number of likely N-dealkylation sites (tertiary alicyclic amines) is 1. The fourth-order valence-electron chi connectivity index (χ4n) is 4.01. The average molecular weight is 283 g/mol. The van der Waals surface area contributed by atoms with Crippen molar-refractivity contribution in [1.29, 1.82) is 0 Å². The van der Waals surface area contributed by atoms with Gasteiger partial charge in [-0.15, -0.1) is 5.10 Å². The highest BCUT2D eigenvalue weighted by molar-refractivity contribution is 5.32. The summed E-state index contributed by atoms with van der Waals surface area (Å²) in [5, 5.41) is 12.7. The van der Waals surface area contributed by atoms with Crippen molar-refractivity contribution >= 4 is 0 Å². The average Bonchev–Trinajstić information content (AvgIpc) is 3.27. The van der Waals surface area contributed by atoms with E-state index >= 15 is 0 Å². The molecule has 5 heteroatoms. The van der Waals surface area contributed by atoms with E-state index < -0.39 is 0 Å². The molecule has 1 aromatic carbocycles. The minimum atomic E-state index is 0.0514. The van der Waals surface area contributed by atoms with E-state index in [4.69, 9.17) is 0 Å². The first kappa shape index (κ1) is 13.0. The van der Waals surface area contributed by atoms with Gasteiger partial charge in [0.1, 0.15) is 0 Å². The lowest BCUT2D eigenvalue weighted by Crippen LogP contribution is -2.44. The Bertz CT molecular complexity index is 594. The Kier molecular flexibility index (Phi) is 3.22. The Balaban J connectivity index is 1.79. The molecule has 1 saturated carbocycles. The highest BCUT2D eigenvalue weighted by atomic mass is 15.6. The number of para-hydroxylation sites is 1. The molecule has 0 amide bonds. The molecule has 2 heterocycles. The zero-order valence-corrected chi connectivity index (χ0v) is 12.3. The van der Waals surface area contributed by atoms with E-state index in [2.05, 4.69) is 32.6 Å². The zero-order chi connectivity index (χ0) is 14.1. The fourth-order valence-corrected chi connectivity index (χ4v) is 4.01. The van der Waals surface area contributed by atoms with Crippen LogP contribution in [0.15, 0.2) is 30.3 Å². The van der Waals surface area contributed by atoms with Gasteiger partial charge in [0.05, 0.1) is 11.2 Å². The lowest BCUT2D eigenvalue weighted by molar-refractivity contribution is 0.109. The third-order valence-electron chi connectivity index (χ3n) is 5.03. The highest BCUT2D eigenvalue weighted by Gasteiger charge is 2.46. The smallest absolute Gasteiger partial charge is 0.176 e. The summed E-state index contributed by atoms with van der Waals surface area (Å²) in [4.78, 5) is 2.63. The van der Waals surface area contributed by atoms with Crippen molar-refractivity contribution in [2.45, 2.75) is 44.1 Å². The van der Waals surface area contributed by atoms with Crippen LogP contribution >= 0.6 is 0 Å². The second-order valence-electron chi connectivity index (χ2n) is 6.18. The van der Waals surface area contributed by atoms with Gasteiger partial charge in [-0.05, 0) is 61.3 Å². The molecule has 2 fully saturated rings.